The standard InChI is InChI=1S/C19H12Cl2N2OS2/c1-10-14-8-13(21)6-7-16(14)26-17(10)15-9-25-19(22-15)23-18(24)11-2-4-12(20)5-3-11/h2-9H,1H3,(H,22,23,24). The van der Waals surface area contributed by atoms with Crippen molar-refractivity contribution in [2.24, 2.45) is 0 Å². The molecule has 0 fully saturated rings. The van der Waals surface area contributed by atoms with Crippen LogP contribution in [0.1, 0.15) is 15.9 Å². The van der Waals surface area contributed by atoms with Gasteiger partial charge in [-0.25, -0.2) is 4.98 Å². The van der Waals surface area contributed by atoms with Gasteiger partial charge in [-0.2, -0.15) is 0 Å². The fraction of sp³-hybridized carbons (Fsp3) is 0.0526. The van der Waals surface area contributed by atoms with Crippen LogP contribution in [0, 0.1) is 6.92 Å². The zero-order valence-electron chi connectivity index (χ0n) is 13.5. The molecule has 2 aromatic heterocycles. The number of anilines is 1. The van der Waals surface area contributed by atoms with Gasteiger partial charge in [-0.3, -0.25) is 10.1 Å². The SMILES string of the molecule is Cc1c(-c2csc(NC(=O)c3ccc(Cl)cc3)n2)sc2ccc(Cl)cc12. The van der Waals surface area contributed by atoms with E-state index in [4.69, 9.17) is 23.2 Å². The number of hydrogen-bond acceptors (Lipinski definition) is 4. The molecule has 0 saturated heterocycles. The number of aromatic nitrogens is 1. The van der Waals surface area contributed by atoms with Crippen molar-refractivity contribution >= 4 is 67.0 Å². The van der Waals surface area contributed by atoms with Crippen LogP contribution in [0.3, 0.4) is 0 Å². The molecule has 3 nitrogen and oxygen atoms in total. The molecule has 0 saturated carbocycles. The Bertz CT molecular complexity index is 1120. The van der Waals surface area contributed by atoms with Gasteiger partial charge in [-0.1, -0.05) is 23.2 Å². The number of thiazole rings is 1. The first kappa shape index (κ1) is 17.5. The van der Waals surface area contributed by atoms with Gasteiger partial charge in [0.1, 0.15) is 0 Å². The Kier molecular flexibility index (Phi) is 4.71. The number of hydrogen-bond donors (Lipinski definition) is 1. The van der Waals surface area contributed by atoms with Gasteiger partial charge < -0.3 is 0 Å². The summed E-state index contributed by atoms with van der Waals surface area (Å²) in [5, 5.41) is 7.81. The summed E-state index contributed by atoms with van der Waals surface area (Å²) in [6.07, 6.45) is 0. The number of amides is 1. The highest BCUT2D eigenvalue weighted by Crippen LogP contribution is 2.40. The number of carbonyl (C=O) groups is 1. The number of thiophene rings is 1. The zero-order valence-corrected chi connectivity index (χ0v) is 16.7. The first-order valence-electron chi connectivity index (χ1n) is 7.73. The van der Waals surface area contributed by atoms with Crippen molar-refractivity contribution in [3.63, 3.8) is 0 Å². The minimum Gasteiger partial charge on any atom is -0.298 e. The first-order valence-corrected chi connectivity index (χ1v) is 10.2. The molecule has 4 rings (SSSR count). The van der Waals surface area contributed by atoms with Crippen molar-refractivity contribution in [3.05, 3.63) is 69.0 Å². The summed E-state index contributed by atoms with van der Waals surface area (Å²) in [6, 6.07) is 12.6. The number of halogens is 2. The van der Waals surface area contributed by atoms with Gasteiger partial charge >= 0.3 is 0 Å². The van der Waals surface area contributed by atoms with Crippen molar-refractivity contribution in [3.8, 4) is 10.6 Å². The highest BCUT2D eigenvalue weighted by Gasteiger charge is 2.15. The van der Waals surface area contributed by atoms with Crippen molar-refractivity contribution in [1.29, 1.82) is 0 Å². The average Bonchev–Trinajstić information content (AvgIpc) is 3.20. The molecule has 0 bridgehead atoms. The third-order valence-corrected chi connectivity index (χ3v) is 6.50. The van der Waals surface area contributed by atoms with Crippen LogP contribution in [-0.4, -0.2) is 10.9 Å². The van der Waals surface area contributed by atoms with E-state index in [1.165, 1.54) is 16.0 Å². The molecule has 0 spiro atoms. The average molecular weight is 419 g/mol. The second-order valence-corrected chi connectivity index (χ2v) is 8.48. The smallest absolute Gasteiger partial charge is 0.257 e. The van der Waals surface area contributed by atoms with Crippen molar-refractivity contribution < 1.29 is 4.79 Å². The summed E-state index contributed by atoms with van der Waals surface area (Å²) in [7, 11) is 0. The Morgan fingerprint density at radius 3 is 2.58 bits per heavy atom. The van der Waals surface area contributed by atoms with Crippen molar-refractivity contribution in [2.75, 3.05) is 5.32 Å². The summed E-state index contributed by atoms with van der Waals surface area (Å²) in [6.45, 7) is 2.07. The van der Waals surface area contributed by atoms with Crippen LogP contribution in [0.4, 0.5) is 5.13 Å². The van der Waals surface area contributed by atoms with Crippen LogP contribution in [-0.2, 0) is 0 Å². The summed E-state index contributed by atoms with van der Waals surface area (Å²) in [4.78, 5) is 18.0. The van der Waals surface area contributed by atoms with Crippen LogP contribution in [0.2, 0.25) is 10.0 Å². The van der Waals surface area contributed by atoms with E-state index in [0.29, 0.717) is 15.7 Å². The number of carbonyl (C=O) groups excluding carboxylic acids is 1. The van der Waals surface area contributed by atoms with Crippen molar-refractivity contribution in [1.82, 2.24) is 4.98 Å². The first-order chi connectivity index (χ1) is 12.5. The quantitative estimate of drug-likeness (QED) is 0.393. The van der Waals surface area contributed by atoms with Crippen molar-refractivity contribution in [2.45, 2.75) is 6.92 Å². The molecule has 2 heterocycles. The molecule has 0 aliphatic carbocycles. The van der Waals surface area contributed by atoms with Gasteiger partial charge in [0.2, 0.25) is 0 Å². The molecule has 0 aliphatic heterocycles. The van der Waals surface area contributed by atoms with E-state index < -0.39 is 0 Å². The second-order valence-electron chi connectivity index (χ2n) is 5.70. The lowest BCUT2D eigenvalue weighted by Gasteiger charge is -2.01. The molecule has 4 aromatic rings. The zero-order chi connectivity index (χ0) is 18.3. The topological polar surface area (TPSA) is 42.0 Å². The number of nitrogens with one attached hydrogen (secondary N) is 1. The fourth-order valence-corrected chi connectivity index (χ4v) is 4.86. The highest BCUT2D eigenvalue weighted by molar-refractivity contribution is 7.23. The molecule has 1 N–H and O–H groups in total. The minimum absolute atomic E-state index is 0.206. The summed E-state index contributed by atoms with van der Waals surface area (Å²) >= 11 is 15.0. The van der Waals surface area contributed by atoms with Crippen LogP contribution < -0.4 is 5.32 Å². The van der Waals surface area contributed by atoms with Gasteiger partial charge in [-0.15, -0.1) is 22.7 Å². The summed E-state index contributed by atoms with van der Waals surface area (Å²) in [5.41, 5.74) is 2.54. The normalized spacial score (nSPS) is 11.0. The maximum absolute atomic E-state index is 12.3. The monoisotopic (exact) mass is 418 g/mol. The minimum atomic E-state index is -0.206. The molecule has 2 aromatic carbocycles. The third-order valence-electron chi connectivity index (χ3n) is 3.96. The molecule has 26 heavy (non-hydrogen) atoms. The summed E-state index contributed by atoms with van der Waals surface area (Å²) in [5.74, 6) is -0.206. The lowest BCUT2D eigenvalue weighted by atomic mass is 10.1. The van der Waals surface area contributed by atoms with Crippen LogP contribution in [0.15, 0.2) is 47.8 Å². The molecule has 0 radical (unpaired) electrons. The highest BCUT2D eigenvalue weighted by atomic mass is 35.5. The number of nitrogens with zero attached hydrogens (tertiary/aromatic N) is 1. The maximum atomic E-state index is 12.3. The van der Waals surface area contributed by atoms with Gasteiger partial charge in [0.15, 0.2) is 5.13 Å². The Morgan fingerprint density at radius 1 is 1.08 bits per heavy atom. The summed E-state index contributed by atoms with van der Waals surface area (Å²) < 4.78 is 1.17. The Balaban J connectivity index is 1.61. The second kappa shape index (κ2) is 7.00. The van der Waals surface area contributed by atoms with E-state index in [1.807, 2.05) is 23.6 Å². The van der Waals surface area contributed by atoms with Crippen LogP contribution in [0.25, 0.3) is 20.7 Å². The largest absolute Gasteiger partial charge is 0.298 e. The van der Waals surface area contributed by atoms with Crippen LogP contribution >= 0.6 is 45.9 Å². The van der Waals surface area contributed by atoms with E-state index in [0.717, 1.165) is 26.5 Å². The van der Waals surface area contributed by atoms with E-state index in [9.17, 15) is 4.79 Å². The molecular weight excluding hydrogens is 407 g/mol. The molecule has 0 atom stereocenters. The fourth-order valence-electron chi connectivity index (χ4n) is 2.64. The Labute approximate surface area is 168 Å². The van der Waals surface area contributed by atoms with Gasteiger partial charge in [0, 0.05) is 25.7 Å². The van der Waals surface area contributed by atoms with Gasteiger partial charge in [0.25, 0.3) is 5.91 Å². The van der Waals surface area contributed by atoms with Gasteiger partial charge in [-0.05, 0) is 60.3 Å². The van der Waals surface area contributed by atoms with E-state index in [1.54, 1.807) is 35.6 Å². The lowest BCUT2D eigenvalue weighted by molar-refractivity contribution is 0.102. The van der Waals surface area contributed by atoms with Gasteiger partial charge in [0.05, 0.1) is 10.6 Å². The van der Waals surface area contributed by atoms with Crippen LogP contribution in [0.5, 0.6) is 0 Å². The number of benzene rings is 2. The Morgan fingerprint density at radius 2 is 1.81 bits per heavy atom. The maximum Gasteiger partial charge on any atom is 0.257 e. The number of aryl methyl sites for hydroxylation is 1. The molecular formula is C19H12Cl2N2OS2. The predicted molar refractivity (Wildman–Crippen MR) is 112 cm³/mol. The number of rotatable bonds is 3. The number of fused-ring (bicyclic) bond motifs is 1. The predicted octanol–water partition coefficient (Wildman–Crippen LogP) is 6.89. The molecule has 0 aliphatic rings. The molecule has 7 heteroatoms. The van der Waals surface area contributed by atoms with E-state index in [-0.39, 0.29) is 5.91 Å². The Hall–Kier alpha value is -1.92. The van der Waals surface area contributed by atoms with E-state index in [2.05, 4.69) is 17.2 Å². The molecule has 1 amide bonds. The molecule has 0 unspecified atom stereocenters. The van der Waals surface area contributed by atoms with E-state index >= 15 is 0 Å². The molecule has 130 valence electrons. The lowest BCUT2D eigenvalue weighted by Crippen LogP contribution is -2.11. The third kappa shape index (κ3) is 3.35.